The summed E-state index contributed by atoms with van der Waals surface area (Å²) in [6, 6.07) is 10.7. The Hall–Kier alpha value is -1.88. The molecule has 2 aromatic rings. The van der Waals surface area contributed by atoms with Crippen LogP contribution in [0.1, 0.15) is 10.4 Å². The smallest absolute Gasteiger partial charge is 0.259 e. The summed E-state index contributed by atoms with van der Waals surface area (Å²) in [5, 5.41) is 2.76. The number of nitrogens with zero attached hydrogens (tertiary/aromatic N) is 1. The van der Waals surface area contributed by atoms with Crippen molar-refractivity contribution in [3.05, 3.63) is 52.6 Å². The Balaban J connectivity index is 2.24. The Bertz CT molecular complexity index is 557. The van der Waals surface area contributed by atoms with Gasteiger partial charge in [-0.1, -0.05) is 12.1 Å². The van der Waals surface area contributed by atoms with E-state index in [1.807, 2.05) is 18.2 Å². The fraction of sp³-hybridized carbons (Fsp3) is 0. The zero-order chi connectivity index (χ0) is 12.3. The molecule has 0 saturated carbocycles. The van der Waals surface area contributed by atoms with Crippen molar-refractivity contribution in [3.63, 3.8) is 0 Å². The van der Waals surface area contributed by atoms with E-state index in [9.17, 15) is 4.79 Å². The van der Waals surface area contributed by atoms with Crippen LogP contribution in [0.15, 0.2) is 47.1 Å². The molecule has 0 radical (unpaired) electrons. The third-order valence-electron chi connectivity index (χ3n) is 2.21. The molecule has 0 fully saturated rings. The first kappa shape index (κ1) is 11.6. The molecule has 0 saturated heterocycles. The largest absolute Gasteiger partial charge is 0.383 e. The number of halogens is 1. The van der Waals surface area contributed by atoms with E-state index in [1.165, 1.54) is 0 Å². The molecule has 0 bridgehead atoms. The second-order valence-corrected chi connectivity index (χ2v) is 4.22. The fourth-order valence-corrected chi connectivity index (χ4v) is 1.75. The van der Waals surface area contributed by atoms with Crippen LogP contribution >= 0.6 is 15.9 Å². The van der Waals surface area contributed by atoms with Crippen molar-refractivity contribution < 1.29 is 4.79 Å². The van der Waals surface area contributed by atoms with Crippen molar-refractivity contribution in [2.45, 2.75) is 0 Å². The highest BCUT2D eigenvalue weighted by molar-refractivity contribution is 9.10. The summed E-state index contributed by atoms with van der Waals surface area (Å²) >= 11 is 3.35. The van der Waals surface area contributed by atoms with Gasteiger partial charge in [-0.2, -0.15) is 0 Å². The van der Waals surface area contributed by atoms with E-state index >= 15 is 0 Å². The molecule has 0 aliphatic heterocycles. The minimum atomic E-state index is -0.275. The number of aromatic nitrogens is 1. The van der Waals surface area contributed by atoms with Crippen molar-refractivity contribution in [1.82, 2.24) is 4.98 Å². The second-order valence-electron chi connectivity index (χ2n) is 3.37. The molecule has 4 nitrogen and oxygen atoms in total. The van der Waals surface area contributed by atoms with Crippen molar-refractivity contribution in [2.75, 3.05) is 11.1 Å². The van der Waals surface area contributed by atoms with E-state index < -0.39 is 0 Å². The number of pyridine rings is 1. The van der Waals surface area contributed by atoms with E-state index in [0.29, 0.717) is 11.3 Å². The van der Waals surface area contributed by atoms with Crippen molar-refractivity contribution in [3.8, 4) is 0 Å². The van der Waals surface area contributed by atoms with Crippen LogP contribution in [0, 0.1) is 0 Å². The van der Waals surface area contributed by atoms with Crippen LogP contribution in [0.5, 0.6) is 0 Å². The highest BCUT2D eigenvalue weighted by Crippen LogP contribution is 2.22. The van der Waals surface area contributed by atoms with Crippen molar-refractivity contribution in [2.24, 2.45) is 0 Å². The van der Waals surface area contributed by atoms with E-state index in [2.05, 4.69) is 26.2 Å². The summed E-state index contributed by atoms with van der Waals surface area (Å²) in [5.41, 5.74) is 6.69. The molecule has 0 spiro atoms. The van der Waals surface area contributed by atoms with E-state index in [-0.39, 0.29) is 11.7 Å². The van der Waals surface area contributed by atoms with Gasteiger partial charge in [0.05, 0.1) is 11.3 Å². The average molecular weight is 292 g/mol. The lowest BCUT2D eigenvalue weighted by atomic mass is 10.2. The number of carbonyl (C=O) groups excluding carboxylic acids is 1. The van der Waals surface area contributed by atoms with E-state index in [0.717, 1.165) is 4.47 Å². The Morgan fingerprint density at radius 1 is 1.24 bits per heavy atom. The Morgan fingerprint density at radius 3 is 2.71 bits per heavy atom. The van der Waals surface area contributed by atoms with Crippen LogP contribution in [0.3, 0.4) is 0 Å². The van der Waals surface area contributed by atoms with Crippen LogP contribution in [-0.4, -0.2) is 10.9 Å². The number of rotatable bonds is 2. The minimum absolute atomic E-state index is 0.219. The number of nitrogens with two attached hydrogens (primary N) is 1. The average Bonchev–Trinajstić information content (AvgIpc) is 2.32. The maximum Gasteiger partial charge on any atom is 0.259 e. The maximum atomic E-state index is 11.9. The van der Waals surface area contributed by atoms with Gasteiger partial charge >= 0.3 is 0 Å². The predicted octanol–water partition coefficient (Wildman–Crippen LogP) is 2.68. The van der Waals surface area contributed by atoms with Gasteiger partial charge in [-0.05, 0) is 40.2 Å². The molecule has 86 valence electrons. The molecule has 2 rings (SSSR count). The first-order valence-electron chi connectivity index (χ1n) is 4.95. The Kier molecular flexibility index (Phi) is 3.39. The first-order chi connectivity index (χ1) is 8.18. The molecular formula is C12H10BrN3O. The van der Waals surface area contributed by atoms with Gasteiger partial charge in [0.2, 0.25) is 0 Å². The monoisotopic (exact) mass is 291 g/mol. The normalized spacial score (nSPS) is 9.94. The van der Waals surface area contributed by atoms with Gasteiger partial charge in [0.25, 0.3) is 5.91 Å². The Labute approximate surface area is 107 Å². The molecule has 17 heavy (non-hydrogen) atoms. The van der Waals surface area contributed by atoms with Gasteiger partial charge in [0.15, 0.2) is 0 Å². The molecule has 0 unspecified atom stereocenters. The fourth-order valence-electron chi connectivity index (χ4n) is 1.36. The standard InChI is InChI=1S/C12H10BrN3O/c13-9-5-1-2-6-10(9)16-12(17)8-4-3-7-15-11(8)14/h1-7H,(H2,14,15)(H,16,17). The number of anilines is 2. The highest BCUT2D eigenvalue weighted by Gasteiger charge is 2.11. The van der Waals surface area contributed by atoms with Gasteiger partial charge < -0.3 is 11.1 Å². The molecule has 1 heterocycles. The Morgan fingerprint density at radius 2 is 2.00 bits per heavy atom. The second kappa shape index (κ2) is 4.97. The maximum absolute atomic E-state index is 11.9. The SMILES string of the molecule is Nc1ncccc1C(=O)Nc1ccccc1Br. The van der Waals surface area contributed by atoms with Gasteiger partial charge in [-0.15, -0.1) is 0 Å². The van der Waals surface area contributed by atoms with Gasteiger partial charge in [0.1, 0.15) is 5.82 Å². The molecule has 3 N–H and O–H groups in total. The number of benzene rings is 1. The summed E-state index contributed by atoms with van der Waals surface area (Å²) in [6.45, 7) is 0. The molecular weight excluding hydrogens is 282 g/mol. The molecule has 0 atom stereocenters. The molecule has 0 aliphatic rings. The number of para-hydroxylation sites is 1. The van der Waals surface area contributed by atoms with Crippen molar-refractivity contribution >= 4 is 33.3 Å². The number of nitrogen functional groups attached to an aromatic ring is 1. The van der Waals surface area contributed by atoms with Gasteiger partial charge in [-0.25, -0.2) is 4.98 Å². The van der Waals surface area contributed by atoms with E-state index in [1.54, 1.807) is 24.4 Å². The summed E-state index contributed by atoms with van der Waals surface area (Å²) in [4.78, 5) is 15.8. The molecule has 1 aromatic heterocycles. The summed E-state index contributed by atoms with van der Waals surface area (Å²) in [7, 11) is 0. The third kappa shape index (κ3) is 2.62. The van der Waals surface area contributed by atoms with Gasteiger partial charge in [0, 0.05) is 10.7 Å². The molecule has 0 aliphatic carbocycles. The minimum Gasteiger partial charge on any atom is -0.383 e. The first-order valence-corrected chi connectivity index (χ1v) is 5.74. The quantitative estimate of drug-likeness (QED) is 0.894. The summed E-state index contributed by atoms with van der Waals surface area (Å²) in [5.74, 6) is -0.0560. The van der Waals surface area contributed by atoms with Crippen LogP contribution in [0.2, 0.25) is 0 Å². The number of amides is 1. The molecule has 1 amide bonds. The number of hydrogen-bond donors (Lipinski definition) is 2. The van der Waals surface area contributed by atoms with Gasteiger partial charge in [-0.3, -0.25) is 4.79 Å². The number of hydrogen-bond acceptors (Lipinski definition) is 3. The lowest BCUT2D eigenvalue weighted by Crippen LogP contribution is -2.14. The topological polar surface area (TPSA) is 68.0 Å². The predicted molar refractivity (Wildman–Crippen MR) is 70.7 cm³/mol. The van der Waals surface area contributed by atoms with Crippen LogP contribution in [0.4, 0.5) is 11.5 Å². The molecule has 1 aromatic carbocycles. The van der Waals surface area contributed by atoms with Crippen LogP contribution in [-0.2, 0) is 0 Å². The number of carbonyl (C=O) groups is 1. The van der Waals surface area contributed by atoms with E-state index in [4.69, 9.17) is 5.73 Å². The number of nitrogens with one attached hydrogen (secondary N) is 1. The van der Waals surface area contributed by atoms with Crippen molar-refractivity contribution in [1.29, 1.82) is 0 Å². The third-order valence-corrected chi connectivity index (χ3v) is 2.90. The molecule has 5 heteroatoms. The van der Waals surface area contributed by atoms with Crippen LogP contribution < -0.4 is 11.1 Å². The highest BCUT2D eigenvalue weighted by atomic mass is 79.9. The summed E-state index contributed by atoms with van der Waals surface area (Å²) < 4.78 is 0.816. The summed E-state index contributed by atoms with van der Waals surface area (Å²) in [6.07, 6.45) is 1.55. The lowest BCUT2D eigenvalue weighted by Gasteiger charge is -2.08. The zero-order valence-corrected chi connectivity index (χ0v) is 10.4. The zero-order valence-electron chi connectivity index (χ0n) is 8.85. The lowest BCUT2D eigenvalue weighted by molar-refractivity contribution is 0.102. The van der Waals surface area contributed by atoms with Crippen LogP contribution in [0.25, 0.3) is 0 Å².